The van der Waals surface area contributed by atoms with Crippen molar-refractivity contribution in [3.63, 3.8) is 0 Å². The van der Waals surface area contributed by atoms with Gasteiger partial charge in [-0.2, -0.15) is 0 Å². The van der Waals surface area contributed by atoms with Gasteiger partial charge in [0, 0.05) is 0 Å². The molecule has 0 spiro atoms. The van der Waals surface area contributed by atoms with Gasteiger partial charge in [-0.25, -0.2) is 9.18 Å². The van der Waals surface area contributed by atoms with E-state index in [0.29, 0.717) is 0 Å². The van der Waals surface area contributed by atoms with Crippen molar-refractivity contribution in [2.24, 2.45) is 5.92 Å². The van der Waals surface area contributed by atoms with Gasteiger partial charge in [0.25, 0.3) is 0 Å². The highest BCUT2D eigenvalue weighted by Gasteiger charge is 2.18. The highest BCUT2D eigenvalue weighted by Crippen LogP contribution is 2.18. The summed E-state index contributed by atoms with van der Waals surface area (Å²) in [5, 5.41) is 0. The highest BCUT2D eigenvalue weighted by molar-refractivity contribution is 5.95. The number of carbonyl (C=O) groups is 1. The minimum Gasteiger partial charge on any atom is -0.459 e. The van der Waals surface area contributed by atoms with Crippen LogP contribution in [-0.4, -0.2) is 12.1 Å². The van der Waals surface area contributed by atoms with E-state index in [4.69, 9.17) is 10.5 Å². The number of nitrogen functional groups attached to an aromatic ring is 1. The third kappa shape index (κ3) is 2.72. The minimum absolute atomic E-state index is 0.0764. The fourth-order valence-corrected chi connectivity index (χ4v) is 1.08. The van der Waals surface area contributed by atoms with E-state index in [1.807, 2.05) is 13.8 Å². The van der Waals surface area contributed by atoms with Gasteiger partial charge < -0.3 is 10.5 Å². The van der Waals surface area contributed by atoms with Gasteiger partial charge in [-0.15, -0.1) is 0 Å². The average Bonchev–Trinajstić information content (AvgIpc) is 2.21. The molecule has 4 heteroatoms. The summed E-state index contributed by atoms with van der Waals surface area (Å²) in [5.41, 5.74) is 5.37. The number of ether oxygens (including phenoxy) is 1. The Labute approximate surface area is 94.4 Å². The summed E-state index contributed by atoms with van der Waals surface area (Å²) in [7, 11) is 0. The second-order valence-corrected chi connectivity index (χ2v) is 4.06. The number of anilines is 1. The Balaban J connectivity index is 2.85. The first-order chi connectivity index (χ1) is 7.43. The van der Waals surface area contributed by atoms with Gasteiger partial charge >= 0.3 is 5.97 Å². The number of halogens is 1. The third-order valence-corrected chi connectivity index (χ3v) is 2.50. The van der Waals surface area contributed by atoms with Crippen molar-refractivity contribution in [2.75, 3.05) is 5.73 Å². The van der Waals surface area contributed by atoms with Gasteiger partial charge in [0.2, 0.25) is 0 Å². The lowest BCUT2D eigenvalue weighted by Crippen LogP contribution is -2.21. The van der Waals surface area contributed by atoms with Crippen LogP contribution in [0.3, 0.4) is 0 Å². The molecular formula is C12H16FNO2. The van der Waals surface area contributed by atoms with Crippen molar-refractivity contribution in [3.8, 4) is 0 Å². The second-order valence-electron chi connectivity index (χ2n) is 4.06. The van der Waals surface area contributed by atoms with Crippen molar-refractivity contribution >= 4 is 11.7 Å². The van der Waals surface area contributed by atoms with E-state index in [2.05, 4.69) is 0 Å². The average molecular weight is 225 g/mol. The molecule has 1 rings (SSSR count). The number of hydrogen-bond acceptors (Lipinski definition) is 3. The van der Waals surface area contributed by atoms with E-state index in [1.165, 1.54) is 18.2 Å². The Morgan fingerprint density at radius 2 is 2.00 bits per heavy atom. The maximum absolute atomic E-state index is 13.1. The number of para-hydroxylation sites is 1. The Bertz CT molecular complexity index is 391. The van der Waals surface area contributed by atoms with Gasteiger partial charge in [-0.05, 0) is 25.0 Å². The molecule has 0 heterocycles. The molecule has 1 aromatic carbocycles. The molecule has 3 nitrogen and oxygen atoms in total. The molecule has 1 unspecified atom stereocenters. The molecule has 0 bridgehead atoms. The topological polar surface area (TPSA) is 52.3 Å². The van der Waals surface area contributed by atoms with Crippen LogP contribution in [0.4, 0.5) is 10.1 Å². The van der Waals surface area contributed by atoms with Gasteiger partial charge in [0.15, 0.2) is 0 Å². The zero-order valence-electron chi connectivity index (χ0n) is 9.66. The summed E-state index contributed by atoms with van der Waals surface area (Å²) >= 11 is 0. The summed E-state index contributed by atoms with van der Waals surface area (Å²) in [6.07, 6.45) is -0.227. The zero-order valence-corrected chi connectivity index (χ0v) is 9.66. The molecule has 0 amide bonds. The van der Waals surface area contributed by atoms with Crippen LogP contribution in [0, 0.1) is 11.7 Å². The summed E-state index contributed by atoms with van der Waals surface area (Å²) in [5.74, 6) is -0.983. The Hall–Kier alpha value is -1.58. The van der Waals surface area contributed by atoms with Gasteiger partial charge in [-0.3, -0.25) is 0 Å². The van der Waals surface area contributed by atoms with E-state index in [0.717, 1.165) is 0 Å². The fraction of sp³-hybridized carbons (Fsp3) is 0.417. The number of nitrogens with two attached hydrogens (primary N) is 1. The summed E-state index contributed by atoms with van der Waals surface area (Å²) in [4.78, 5) is 11.7. The first kappa shape index (κ1) is 12.5. The quantitative estimate of drug-likeness (QED) is 0.635. The van der Waals surface area contributed by atoms with Crippen molar-refractivity contribution in [1.29, 1.82) is 0 Å². The maximum Gasteiger partial charge on any atom is 0.340 e. The Kier molecular flexibility index (Phi) is 3.88. The van der Waals surface area contributed by atoms with Crippen molar-refractivity contribution in [2.45, 2.75) is 26.9 Å². The molecule has 0 aliphatic rings. The van der Waals surface area contributed by atoms with E-state index in [1.54, 1.807) is 6.92 Å². The lowest BCUT2D eigenvalue weighted by atomic mass is 10.1. The van der Waals surface area contributed by atoms with Crippen LogP contribution in [0.5, 0.6) is 0 Å². The van der Waals surface area contributed by atoms with E-state index < -0.39 is 11.8 Å². The van der Waals surface area contributed by atoms with Gasteiger partial charge in [-0.1, -0.05) is 19.9 Å². The number of carbonyl (C=O) groups excluding carboxylic acids is 1. The van der Waals surface area contributed by atoms with Crippen molar-refractivity contribution in [1.82, 2.24) is 0 Å². The SMILES string of the molecule is CC(C)C(C)OC(=O)c1cccc(F)c1N. The van der Waals surface area contributed by atoms with E-state index in [9.17, 15) is 9.18 Å². The molecule has 0 aliphatic heterocycles. The van der Waals surface area contributed by atoms with Crippen LogP contribution in [0.1, 0.15) is 31.1 Å². The fourth-order valence-electron chi connectivity index (χ4n) is 1.08. The molecule has 88 valence electrons. The third-order valence-electron chi connectivity index (χ3n) is 2.50. The summed E-state index contributed by atoms with van der Waals surface area (Å²) < 4.78 is 18.3. The first-order valence-electron chi connectivity index (χ1n) is 5.18. The number of esters is 1. The molecule has 16 heavy (non-hydrogen) atoms. The maximum atomic E-state index is 13.1. The minimum atomic E-state index is -0.605. The molecule has 0 saturated heterocycles. The van der Waals surface area contributed by atoms with Crippen LogP contribution in [0.25, 0.3) is 0 Å². The lowest BCUT2D eigenvalue weighted by Gasteiger charge is -2.17. The first-order valence-corrected chi connectivity index (χ1v) is 5.18. The summed E-state index contributed by atoms with van der Waals surface area (Å²) in [6.45, 7) is 5.66. The van der Waals surface area contributed by atoms with Crippen molar-refractivity contribution in [3.05, 3.63) is 29.6 Å². The molecular weight excluding hydrogens is 209 g/mol. The summed E-state index contributed by atoms with van der Waals surface area (Å²) in [6, 6.07) is 4.09. The second kappa shape index (κ2) is 4.96. The Morgan fingerprint density at radius 3 is 2.56 bits per heavy atom. The number of rotatable bonds is 3. The van der Waals surface area contributed by atoms with E-state index in [-0.39, 0.29) is 23.3 Å². The van der Waals surface area contributed by atoms with Gasteiger partial charge in [0.05, 0.1) is 11.3 Å². The normalized spacial score (nSPS) is 12.6. The van der Waals surface area contributed by atoms with Crippen LogP contribution < -0.4 is 5.73 Å². The predicted molar refractivity (Wildman–Crippen MR) is 60.5 cm³/mol. The van der Waals surface area contributed by atoms with Crippen LogP contribution in [-0.2, 0) is 4.74 Å². The Morgan fingerprint density at radius 1 is 1.38 bits per heavy atom. The lowest BCUT2D eigenvalue weighted by molar-refractivity contribution is 0.0239. The number of benzene rings is 1. The largest absolute Gasteiger partial charge is 0.459 e. The smallest absolute Gasteiger partial charge is 0.340 e. The van der Waals surface area contributed by atoms with Gasteiger partial charge in [0.1, 0.15) is 11.9 Å². The van der Waals surface area contributed by atoms with Crippen LogP contribution in [0.2, 0.25) is 0 Å². The molecule has 2 N–H and O–H groups in total. The van der Waals surface area contributed by atoms with Crippen LogP contribution in [0.15, 0.2) is 18.2 Å². The number of hydrogen-bond donors (Lipinski definition) is 1. The molecule has 1 atom stereocenters. The zero-order chi connectivity index (χ0) is 12.3. The van der Waals surface area contributed by atoms with Crippen molar-refractivity contribution < 1.29 is 13.9 Å². The molecule has 0 fully saturated rings. The molecule has 0 aliphatic carbocycles. The molecule has 0 aromatic heterocycles. The van der Waals surface area contributed by atoms with Crippen LogP contribution >= 0.6 is 0 Å². The molecule has 0 radical (unpaired) electrons. The predicted octanol–water partition coefficient (Wildman–Crippen LogP) is 2.61. The molecule has 0 saturated carbocycles. The highest BCUT2D eigenvalue weighted by atomic mass is 19.1. The standard InChI is InChI=1S/C12H16FNO2/c1-7(2)8(3)16-12(15)9-5-4-6-10(13)11(9)14/h4-8H,14H2,1-3H3. The van der Waals surface area contributed by atoms with E-state index >= 15 is 0 Å². The monoisotopic (exact) mass is 225 g/mol. The molecule has 1 aromatic rings.